The molecule has 1 atom stereocenters. The van der Waals surface area contributed by atoms with E-state index in [0.29, 0.717) is 6.42 Å². The van der Waals surface area contributed by atoms with Gasteiger partial charge in [0.2, 0.25) is 0 Å². The number of hydrogen-bond acceptors (Lipinski definition) is 3. The van der Waals surface area contributed by atoms with E-state index in [-0.39, 0.29) is 6.10 Å². The van der Waals surface area contributed by atoms with Crippen molar-refractivity contribution in [2.45, 2.75) is 19.4 Å². The molecule has 0 aromatic carbocycles. The Labute approximate surface area is 88.1 Å². The summed E-state index contributed by atoms with van der Waals surface area (Å²) in [6.45, 7) is 1.75. The number of pyridine rings is 1. The maximum Gasteiger partial charge on any atom is 0.135 e. The first-order valence-electron chi connectivity index (χ1n) is 4.88. The molecule has 2 aromatic rings. The summed E-state index contributed by atoms with van der Waals surface area (Å²) in [6, 6.07) is 3.83. The molecule has 0 fully saturated rings. The molecule has 0 aliphatic carbocycles. The normalized spacial score (nSPS) is 13.0. The molecule has 0 saturated heterocycles. The summed E-state index contributed by atoms with van der Waals surface area (Å²) < 4.78 is 7.08. The highest BCUT2D eigenvalue weighted by Crippen LogP contribution is 2.15. The second kappa shape index (κ2) is 3.90. The minimum absolute atomic E-state index is 0.387. The minimum Gasteiger partial charge on any atom is -0.495 e. The van der Waals surface area contributed by atoms with Crippen LogP contribution in [0.25, 0.3) is 5.52 Å². The lowest BCUT2D eigenvalue weighted by Gasteiger charge is -2.05. The third-order valence-electron chi connectivity index (χ3n) is 2.29. The van der Waals surface area contributed by atoms with Crippen LogP contribution in [0.5, 0.6) is 5.75 Å². The highest BCUT2D eigenvalue weighted by molar-refractivity contribution is 5.48. The van der Waals surface area contributed by atoms with Crippen molar-refractivity contribution in [1.29, 1.82) is 0 Å². The molecule has 2 rings (SSSR count). The minimum atomic E-state index is -0.387. The Morgan fingerprint density at radius 2 is 2.33 bits per heavy atom. The van der Waals surface area contributed by atoms with Crippen LogP contribution in [0.4, 0.5) is 0 Å². The molecule has 0 aliphatic heterocycles. The zero-order valence-electron chi connectivity index (χ0n) is 8.84. The van der Waals surface area contributed by atoms with Gasteiger partial charge in [-0.15, -0.1) is 0 Å². The molecule has 0 aliphatic rings. The predicted molar refractivity (Wildman–Crippen MR) is 57.1 cm³/mol. The van der Waals surface area contributed by atoms with Crippen molar-refractivity contribution in [3.63, 3.8) is 0 Å². The molecule has 0 saturated carbocycles. The topological polar surface area (TPSA) is 46.8 Å². The van der Waals surface area contributed by atoms with Crippen LogP contribution in [-0.4, -0.2) is 27.7 Å². The van der Waals surface area contributed by atoms with Gasteiger partial charge in [-0.05, 0) is 19.1 Å². The molecule has 1 unspecified atom stereocenters. The third kappa shape index (κ3) is 1.94. The Morgan fingerprint density at radius 1 is 1.53 bits per heavy atom. The molecule has 4 nitrogen and oxygen atoms in total. The molecule has 1 N–H and O–H groups in total. The quantitative estimate of drug-likeness (QED) is 0.822. The van der Waals surface area contributed by atoms with Crippen LogP contribution in [0.3, 0.4) is 0 Å². The second-order valence-corrected chi connectivity index (χ2v) is 3.59. The molecular formula is C11H14N2O2. The summed E-state index contributed by atoms with van der Waals surface area (Å²) >= 11 is 0. The van der Waals surface area contributed by atoms with E-state index in [4.69, 9.17) is 4.74 Å². The first kappa shape index (κ1) is 9.98. The van der Waals surface area contributed by atoms with Gasteiger partial charge in [0.25, 0.3) is 0 Å². The monoisotopic (exact) mass is 206 g/mol. The van der Waals surface area contributed by atoms with Crippen LogP contribution in [0, 0.1) is 0 Å². The van der Waals surface area contributed by atoms with Gasteiger partial charge < -0.3 is 9.84 Å². The highest BCUT2D eigenvalue weighted by atomic mass is 16.5. The number of aliphatic hydroxyl groups excluding tert-OH is 1. The molecule has 4 heteroatoms. The molecular weight excluding hydrogens is 192 g/mol. The smallest absolute Gasteiger partial charge is 0.135 e. The zero-order valence-corrected chi connectivity index (χ0v) is 8.84. The van der Waals surface area contributed by atoms with E-state index in [2.05, 4.69) is 4.98 Å². The third-order valence-corrected chi connectivity index (χ3v) is 2.29. The highest BCUT2D eigenvalue weighted by Gasteiger charge is 2.07. The van der Waals surface area contributed by atoms with Crippen LogP contribution >= 0.6 is 0 Å². The van der Waals surface area contributed by atoms with Crippen molar-refractivity contribution < 1.29 is 9.84 Å². The van der Waals surface area contributed by atoms with Crippen molar-refractivity contribution >= 4 is 5.52 Å². The molecule has 0 amide bonds. The molecule has 2 heterocycles. The lowest BCUT2D eigenvalue weighted by Crippen LogP contribution is -2.07. The Morgan fingerprint density at radius 3 is 3.00 bits per heavy atom. The van der Waals surface area contributed by atoms with Gasteiger partial charge in [-0.2, -0.15) is 0 Å². The van der Waals surface area contributed by atoms with Gasteiger partial charge in [0, 0.05) is 6.42 Å². The first-order chi connectivity index (χ1) is 7.20. The van der Waals surface area contributed by atoms with Gasteiger partial charge in [0.1, 0.15) is 11.6 Å². The fourth-order valence-electron chi connectivity index (χ4n) is 1.56. The molecule has 80 valence electrons. The van der Waals surface area contributed by atoms with Crippen LogP contribution in [0.2, 0.25) is 0 Å². The lowest BCUT2D eigenvalue weighted by atomic mass is 10.3. The summed E-state index contributed by atoms with van der Waals surface area (Å²) in [7, 11) is 1.63. The van der Waals surface area contributed by atoms with Gasteiger partial charge in [-0.3, -0.25) is 4.40 Å². The van der Waals surface area contributed by atoms with E-state index in [9.17, 15) is 5.11 Å². The maximum atomic E-state index is 9.33. The second-order valence-electron chi connectivity index (χ2n) is 3.59. The van der Waals surface area contributed by atoms with Crippen molar-refractivity contribution in [2.24, 2.45) is 0 Å². The molecule has 0 bridgehead atoms. The first-order valence-corrected chi connectivity index (χ1v) is 4.88. The molecule has 15 heavy (non-hydrogen) atoms. The van der Waals surface area contributed by atoms with Gasteiger partial charge in [-0.1, -0.05) is 0 Å². The Kier molecular flexibility index (Phi) is 2.60. The molecule has 0 spiro atoms. The van der Waals surface area contributed by atoms with Gasteiger partial charge in [-0.25, -0.2) is 4.98 Å². The molecule has 0 radical (unpaired) electrons. The van der Waals surface area contributed by atoms with E-state index in [1.54, 1.807) is 20.2 Å². The van der Waals surface area contributed by atoms with Crippen LogP contribution in [0.15, 0.2) is 24.5 Å². The van der Waals surface area contributed by atoms with E-state index >= 15 is 0 Å². The number of imidazole rings is 1. The van der Waals surface area contributed by atoms with Crippen LogP contribution in [-0.2, 0) is 6.42 Å². The van der Waals surface area contributed by atoms with E-state index in [1.165, 1.54) is 0 Å². The molecule has 2 aromatic heterocycles. The Hall–Kier alpha value is -1.55. The van der Waals surface area contributed by atoms with Gasteiger partial charge >= 0.3 is 0 Å². The van der Waals surface area contributed by atoms with E-state index in [1.807, 2.05) is 22.7 Å². The Bertz CT molecular complexity index is 463. The van der Waals surface area contributed by atoms with Gasteiger partial charge in [0.05, 0.1) is 31.1 Å². The van der Waals surface area contributed by atoms with Gasteiger partial charge in [0.15, 0.2) is 0 Å². The summed E-state index contributed by atoms with van der Waals surface area (Å²) in [4.78, 5) is 4.26. The number of nitrogens with zero attached hydrogens (tertiary/aromatic N) is 2. The Balaban J connectivity index is 2.46. The lowest BCUT2D eigenvalue weighted by molar-refractivity contribution is 0.192. The number of methoxy groups -OCH3 is 1. The van der Waals surface area contributed by atoms with Crippen molar-refractivity contribution in [1.82, 2.24) is 9.38 Å². The summed E-state index contributed by atoms with van der Waals surface area (Å²) in [5.74, 6) is 1.63. The summed E-state index contributed by atoms with van der Waals surface area (Å²) in [5, 5.41) is 9.33. The standard InChI is InChI=1S/C11H14N2O2/c1-8(14)5-11-12-6-9-3-4-10(15-2)7-13(9)11/h3-4,6-8,14H,5H2,1-2H3. The van der Waals surface area contributed by atoms with Crippen molar-refractivity contribution in [3.05, 3.63) is 30.4 Å². The zero-order chi connectivity index (χ0) is 10.8. The average molecular weight is 206 g/mol. The van der Waals surface area contributed by atoms with E-state index in [0.717, 1.165) is 17.1 Å². The van der Waals surface area contributed by atoms with E-state index < -0.39 is 0 Å². The maximum absolute atomic E-state index is 9.33. The van der Waals surface area contributed by atoms with Crippen LogP contribution < -0.4 is 4.74 Å². The van der Waals surface area contributed by atoms with Crippen molar-refractivity contribution in [3.8, 4) is 5.75 Å². The summed E-state index contributed by atoms with van der Waals surface area (Å²) in [5.41, 5.74) is 1.01. The van der Waals surface area contributed by atoms with Crippen molar-refractivity contribution in [2.75, 3.05) is 7.11 Å². The number of ether oxygens (including phenoxy) is 1. The largest absolute Gasteiger partial charge is 0.495 e. The number of rotatable bonds is 3. The fraction of sp³-hybridized carbons (Fsp3) is 0.364. The fourth-order valence-corrected chi connectivity index (χ4v) is 1.56. The number of fused-ring (bicyclic) bond motifs is 1. The number of aliphatic hydroxyl groups is 1. The summed E-state index contributed by atoms with van der Waals surface area (Å²) in [6.07, 6.45) is 3.82. The average Bonchev–Trinajstić information content (AvgIpc) is 2.60. The van der Waals surface area contributed by atoms with Crippen LogP contribution in [0.1, 0.15) is 12.7 Å². The predicted octanol–water partition coefficient (Wildman–Crippen LogP) is 1.27. The number of hydrogen-bond donors (Lipinski definition) is 1. The SMILES string of the molecule is COc1ccc2cnc(CC(C)O)n2c1. The number of aromatic nitrogens is 2.